The molecule has 2 fully saturated rings. The number of carbonyl (C=O) groups is 2. The molecule has 20 heavy (non-hydrogen) atoms. The predicted molar refractivity (Wildman–Crippen MR) is 79.2 cm³/mol. The van der Waals surface area contributed by atoms with Gasteiger partial charge in [0.1, 0.15) is 5.54 Å². The summed E-state index contributed by atoms with van der Waals surface area (Å²) in [5.74, 6) is 0.811. The Morgan fingerprint density at radius 3 is 2.35 bits per heavy atom. The number of nitrogens with zero attached hydrogens (tertiary/aromatic N) is 1. The van der Waals surface area contributed by atoms with Gasteiger partial charge in [-0.05, 0) is 38.5 Å². The normalized spacial score (nSPS) is 24.1. The Kier molecular flexibility index (Phi) is 4.71. The molecule has 2 amide bonds. The van der Waals surface area contributed by atoms with E-state index in [4.69, 9.17) is 0 Å². The lowest BCUT2D eigenvalue weighted by molar-refractivity contribution is -0.153. The second-order valence-electron chi connectivity index (χ2n) is 6.94. The molecule has 1 aliphatic carbocycles. The van der Waals surface area contributed by atoms with Crippen molar-refractivity contribution in [1.29, 1.82) is 0 Å². The van der Waals surface area contributed by atoms with Crippen molar-refractivity contribution in [3.05, 3.63) is 0 Å². The lowest BCUT2D eigenvalue weighted by Gasteiger charge is -2.46. The third-order valence-electron chi connectivity index (χ3n) is 4.76. The Bertz CT molecular complexity index is 373. The molecule has 114 valence electrons. The zero-order chi connectivity index (χ0) is 14.8. The molecule has 1 saturated heterocycles. The Balaban J connectivity index is 2.08. The van der Waals surface area contributed by atoms with Crippen molar-refractivity contribution in [3.8, 4) is 0 Å². The van der Waals surface area contributed by atoms with Crippen LogP contribution in [-0.4, -0.2) is 34.8 Å². The fraction of sp³-hybridized carbons (Fsp3) is 0.875. The summed E-state index contributed by atoms with van der Waals surface area (Å²) in [6.45, 7) is 6.70. The Morgan fingerprint density at radius 1 is 1.10 bits per heavy atom. The van der Waals surface area contributed by atoms with Crippen molar-refractivity contribution in [1.82, 2.24) is 10.2 Å². The number of hydrogen-bond donors (Lipinski definition) is 1. The average Bonchev–Trinajstić information content (AvgIpc) is 2.41. The maximum absolute atomic E-state index is 12.8. The molecule has 1 atom stereocenters. The standard InChI is InChI=1S/C16H28N2O2/c1-12(2)7-8-13(3)18-11-14(19)17-16(15(18)20)9-5-4-6-10-16/h12-13H,4-11H2,1-3H3,(H,17,19). The molecule has 1 unspecified atom stereocenters. The van der Waals surface area contributed by atoms with E-state index in [-0.39, 0.29) is 24.4 Å². The van der Waals surface area contributed by atoms with E-state index in [1.54, 1.807) is 0 Å². The molecule has 1 N–H and O–H groups in total. The summed E-state index contributed by atoms with van der Waals surface area (Å²) in [5.41, 5.74) is -0.584. The van der Waals surface area contributed by atoms with Crippen molar-refractivity contribution in [2.45, 2.75) is 77.3 Å². The summed E-state index contributed by atoms with van der Waals surface area (Å²) >= 11 is 0. The van der Waals surface area contributed by atoms with E-state index in [2.05, 4.69) is 26.1 Å². The van der Waals surface area contributed by atoms with Crippen LogP contribution in [0.5, 0.6) is 0 Å². The van der Waals surface area contributed by atoms with Crippen LogP contribution in [0, 0.1) is 5.92 Å². The van der Waals surface area contributed by atoms with E-state index in [0.717, 1.165) is 38.5 Å². The van der Waals surface area contributed by atoms with Crippen LogP contribution in [-0.2, 0) is 9.59 Å². The minimum Gasteiger partial charge on any atom is -0.340 e. The Morgan fingerprint density at radius 2 is 1.75 bits per heavy atom. The molecule has 2 aliphatic rings. The highest BCUT2D eigenvalue weighted by Crippen LogP contribution is 2.33. The number of amides is 2. The van der Waals surface area contributed by atoms with Gasteiger partial charge in [0.15, 0.2) is 0 Å². The molecular formula is C16H28N2O2. The first-order valence-corrected chi connectivity index (χ1v) is 8.07. The van der Waals surface area contributed by atoms with E-state index in [1.165, 1.54) is 6.42 Å². The number of piperazine rings is 1. The largest absolute Gasteiger partial charge is 0.340 e. The number of rotatable bonds is 4. The second kappa shape index (κ2) is 6.15. The zero-order valence-electron chi connectivity index (χ0n) is 13.1. The van der Waals surface area contributed by atoms with Gasteiger partial charge in [0, 0.05) is 6.04 Å². The maximum atomic E-state index is 12.8. The highest BCUT2D eigenvalue weighted by atomic mass is 16.2. The Hall–Kier alpha value is -1.06. The van der Waals surface area contributed by atoms with Crippen LogP contribution in [0.15, 0.2) is 0 Å². The monoisotopic (exact) mass is 280 g/mol. The third kappa shape index (κ3) is 3.15. The van der Waals surface area contributed by atoms with Crippen LogP contribution in [0.25, 0.3) is 0 Å². The van der Waals surface area contributed by atoms with Crippen molar-refractivity contribution in [2.24, 2.45) is 5.92 Å². The maximum Gasteiger partial charge on any atom is 0.249 e. The second-order valence-corrected chi connectivity index (χ2v) is 6.94. The lowest BCUT2D eigenvalue weighted by atomic mass is 9.79. The average molecular weight is 280 g/mol. The lowest BCUT2D eigenvalue weighted by Crippen LogP contribution is -2.68. The van der Waals surface area contributed by atoms with Gasteiger partial charge in [-0.3, -0.25) is 9.59 Å². The van der Waals surface area contributed by atoms with Crippen LogP contribution in [0.1, 0.15) is 65.7 Å². The van der Waals surface area contributed by atoms with Gasteiger partial charge in [-0.2, -0.15) is 0 Å². The first kappa shape index (κ1) is 15.3. The first-order valence-electron chi connectivity index (χ1n) is 8.07. The van der Waals surface area contributed by atoms with Crippen molar-refractivity contribution in [2.75, 3.05) is 6.54 Å². The molecule has 1 saturated carbocycles. The number of nitrogens with one attached hydrogen (secondary N) is 1. The molecule has 4 nitrogen and oxygen atoms in total. The van der Waals surface area contributed by atoms with Crippen LogP contribution in [0.2, 0.25) is 0 Å². The summed E-state index contributed by atoms with van der Waals surface area (Å²) in [6.07, 6.45) is 6.95. The summed E-state index contributed by atoms with van der Waals surface area (Å²) in [5, 5.41) is 3.00. The molecule has 0 aromatic rings. The van der Waals surface area contributed by atoms with Gasteiger partial charge >= 0.3 is 0 Å². The van der Waals surface area contributed by atoms with Crippen LogP contribution in [0.4, 0.5) is 0 Å². The molecular weight excluding hydrogens is 252 g/mol. The molecule has 0 radical (unpaired) electrons. The smallest absolute Gasteiger partial charge is 0.249 e. The molecule has 4 heteroatoms. The number of hydrogen-bond acceptors (Lipinski definition) is 2. The minimum absolute atomic E-state index is 0.0166. The summed E-state index contributed by atoms with van der Waals surface area (Å²) in [4.78, 5) is 26.7. The van der Waals surface area contributed by atoms with Gasteiger partial charge in [0.2, 0.25) is 11.8 Å². The van der Waals surface area contributed by atoms with E-state index >= 15 is 0 Å². The van der Waals surface area contributed by atoms with E-state index in [0.29, 0.717) is 5.92 Å². The fourth-order valence-electron chi connectivity index (χ4n) is 3.44. The molecule has 0 aromatic heterocycles. The van der Waals surface area contributed by atoms with E-state index < -0.39 is 5.54 Å². The minimum atomic E-state index is -0.584. The predicted octanol–water partition coefficient (Wildman–Crippen LogP) is 2.47. The topological polar surface area (TPSA) is 49.4 Å². The fourth-order valence-corrected chi connectivity index (χ4v) is 3.44. The molecule has 0 bridgehead atoms. The highest BCUT2D eigenvalue weighted by molar-refractivity contribution is 5.98. The number of carbonyl (C=O) groups excluding carboxylic acids is 2. The summed E-state index contributed by atoms with van der Waals surface area (Å²) < 4.78 is 0. The molecule has 1 aliphatic heterocycles. The van der Waals surface area contributed by atoms with Gasteiger partial charge in [-0.1, -0.05) is 33.1 Å². The SMILES string of the molecule is CC(C)CCC(C)N1CC(=O)NC2(CCCCC2)C1=O. The first-order chi connectivity index (χ1) is 9.44. The highest BCUT2D eigenvalue weighted by Gasteiger charge is 2.47. The Labute approximate surface area is 122 Å². The van der Waals surface area contributed by atoms with Gasteiger partial charge in [0.25, 0.3) is 0 Å². The van der Waals surface area contributed by atoms with Gasteiger partial charge in [-0.15, -0.1) is 0 Å². The third-order valence-corrected chi connectivity index (χ3v) is 4.76. The molecule has 2 rings (SSSR count). The van der Waals surface area contributed by atoms with Crippen molar-refractivity contribution in [3.63, 3.8) is 0 Å². The molecule has 1 heterocycles. The quantitative estimate of drug-likeness (QED) is 0.860. The van der Waals surface area contributed by atoms with E-state index in [1.807, 2.05) is 4.90 Å². The van der Waals surface area contributed by atoms with Crippen molar-refractivity contribution >= 4 is 11.8 Å². The van der Waals surface area contributed by atoms with Crippen LogP contribution < -0.4 is 5.32 Å². The molecule has 1 spiro atoms. The van der Waals surface area contributed by atoms with Crippen molar-refractivity contribution < 1.29 is 9.59 Å². The molecule has 0 aromatic carbocycles. The van der Waals surface area contributed by atoms with E-state index in [9.17, 15) is 9.59 Å². The van der Waals surface area contributed by atoms with Gasteiger partial charge in [-0.25, -0.2) is 0 Å². The van der Waals surface area contributed by atoms with Gasteiger partial charge in [0.05, 0.1) is 6.54 Å². The zero-order valence-corrected chi connectivity index (χ0v) is 13.1. The van der Waals surface area contributed by atoms with Crippen LogP contribution >= 0.6 is 0 Å². The summed E-state index contributed by atoms with van der Waals surface area (Å²) in [7, 11) is 0. The van der Waals surface area contributed by atoms with Crippen LogP contribution in [0.3, 0.4) is 0 Å². The van der Waals surface area contributed by atoms with Gasteiger partial charge < -0.3 is 10.2 Å². The summed E-state index contributed by atoms with van der Waals surface area (Å²) in [6, 6.07) is 0.162.